The number of likely N-dealkylation sites (tertiary alicyclic amines) is 1. The fourth-order valence-corrected chi connectivity index (χ4v) is 2.53. The van der Waals surface area contributed by atoms with Crippen molar-refractivity contribution in [2.45, 2.75) is 25.7 Å². The highest BCUT2D eigenvalue weighted by Crippen LogP contribution is 2.26. The lowest BCUT2D eigenvalue weighted by Gasteiger charge is -2.31. The number of halogens is 1. The number of hydrogen-bond acceptors (Lipinski definition) is 5. The monoisotopic (exact) mass is 290 g/mol. The van der Waals surface area contributed by atoms with Gasteiger partial charge >= 0.3 is 0 Å². The lowest BCUT2D eigenvalue weighted by Crippen LogP contribution is -2.39. The molecule has 7 heteroatoms. The standard InChI is InChI=1S/C14H15FN4O2/c1-9-17-13(21-18-9)11-3-2-6-19(8-11)14(20)10-4-5-12(15)16-7-10/h4-5,7,11H,2-3,6,8H2,1H3. The van der Waals surface area contributed by atoms with Crippen molar-refractivity contribution in [1.29, 1.82) is 0 Å². The fraction of sp³-hybridized carbons (Fsp3) is 0.429. The fourth-order valence-electron chi connectivity index (χ4n) is 2.53. The molecule has 0 spiro atoms. The predicted octanol–water partition coefficient (Wildman–Crippen LogP) is 1.93. The van der Waals surface area contributed by atoms with E-state index in [1.807, 2.05) is 0 Å². The number of nitrogens with zero attached hydrogens (tertiary/aromatic N) is 4. The minimum atomic E-state index is -0.593. The highest BCUT2D eigenvalue weighted by atomic mass is 19.1. The van der Waals surface area contributed by atoms with Gasteiger partial charge in [0, 0.05) is 19.3 Å². The van der Waals surface area contributed by atoms with Gasteiger partial charge in [0.2, 0.25) is 11.8 Å². The number of hydrogen-bond donors (Lipinski definition) is 0. The highest BCUT2D eigenvalue weighted by Gasteiger charge is 2.28. The number of piperidine rings is 1. The van der Waals surface area contributed by atoms with E-state index < -0.39 is 5.95 Å². The number of aromatic nitrogens is 3. The Bertz CT molecular complexity index is 641. The molecule has 0 saturated carbocycles. The summed E-state index contributed by atoms with van der Waals surface area (Å²) in [6.07, 6.45) is 3.04. The molecule has 1 fully saturated rings. The van der Waals surface area contributed by atoms with Crippen LogP contribution < -0.4 is 0 Å². The van der Waals surface area contributed by atoms with Crippen LogP contribution in [0.5, 0.6) is 0 Å². The van der Waals surface area contributed by atoms with Gasteiger partial charge in [-0.2, -0.15) is 9.37 Å². The lowest BCUT2D eigenvalue weighted by atomic mass is 9.97. The summed E-state index contributed by atoms with van der Waals surface area (Å²) >= 11 is 0. The third-order valence-corrected chi connectivity index (χ3v) is 3.58. The first-order valence-corrected chi connectivity index (χ1v) is 6.84. The van der Waals surface area contributed by atoms with Crippen LogP contribution in [-0.4, -0.2) is 39.0 Å². The summed E-state index contributed by atoms with van der Waals surface area (Å²) in [6, 6.07) is 2.64. The van der Waals surface area contributed by atoms with Crippen molar-refractivity contribution in [2.75, 3.05) is 13.1 Å². The number of carbonyl (C=O) groups is 1. The lowest BCUT2D eigenvalue weighted by molar-refractivity contribution is 0.0695. The molecule has 1 amide bonds. The van der Waals surface area contributed by atoms with Crippen molar-refractivity contribution in [3.8, 4) is 0 Å². The molecule has 3 rings (SSSR count). The highest BCUT2D eigenvalue weighted by molar-refractivity contribution is 5.94. The maximum atomic E-state index is 12.8. The molecule has 3 heterocycles. The SMILES string of the molecule is Cc1noc(C2CCCN(C(=O)c3ccc(F)nc3)C2)n1. The Kier molecular flexibility index (Phi) is 3.64. The van der Waals surface area contributed by atoms with Gasteiger partial charge in [-0.05, 0) is 31.9 Å². The van der Waals surface area contributed by atoms with Crippen molar-refractivity contribution in [1.82, 2.24) is 20.0 Å². The topological polar surface area (TPSA) is 72.1 Å². The Balaban J connectivity index is 1.73. The maximum absolute atomic E-state index is 12.8. The van der Waals surface area contributed by atoms with Crippen LogP contribution in [0.3, 0.4) is 0 Å². The molecule has 2 aromatic heterocycles. The van der Waals surface area contributed by atoms with E-state index in [0.29, 0.717) is 30.4 Å². The predicted molar refractivity (Wildman–Crippen MR) is 71.1 cm³/mol. The van der Waals surface area contributed by atoms with E-state index in [9.17, 15) is 9.18 Å². The smallest absolute Gasteiger partial charge is 0.255 e. The quantitative estimate of drug-likeness (QED) is 0.790. The largest absolute Gasteiger partial charge is 0.339 e. The summed E-state index contributed by atoms with van der Waals surface area (Å²) in [4.78, 5) is 21.9. The second-order valence-corrected chi connectivity index (χ2v) is 5.14. The van der Waals surface area contributed by atoms with E-state index in [2.05, 4.69) is 15.1 Å². The summed E-state index contributed by atoms with van der Waals surface area (Å²) in [5.41, 5.74) is 0.388. The minimum absolute atomic E-state index is 0.0531. The number of carbonyl (C=O) groups excluding carboxylic acids is 1. The van der Waals surface area contributed by atoms with Gasteiger partial charge in [0.1, 0.15) is 0 Å². The zero-order valence-corrected chi connectivity index (χ0v) is 11.6. The average molecular weight is 290 g/mol. The van der Waals surface area contributed by atoms with Gasteiger partial charge in [-0.15, -0.1) is 0 Å². The molecular formula is C14H15FN4O2. The van der Waals surface area contributed by atoms with Crippen LogP contribution in [0.2, 0.25) is 0 Å². The number of amides is 1. The maximum Gasteiger partial charge on any atom is 0.255 e. The summed E-state index contributed by atoms with van der Waals surface area (Å²) < 4.78 is 18.0. The molecule has 0 aromatic carbocycles. The van der Waals surface area contributed by atoms with Crippen molar-refractivity contribution in [2.24, 2.45) is 0 Å². The Morgan fingerprint density at radius 2 is 2.33 bits per heavy atom. The van der Waals surface area contributed by atoms with Crippen LogP contribution in [-0.2, 0) is 0 Å². The average Bonchev–Trinajstić information content (AvgIpc) is 2.94. The summed E-state index contributed by atoms with van der Waals surface area (Å²) in [5.74, 6) is 0.476. The molecule has 21 heavy (non-hydrogen) atoms. The molecule has 1 saturated heterocycles. The molecule has 0 radical (unpaired) electrons. The van der Waals surface area contributed by atoms with E-state index in [1.54, 1.807) is 11.8 Å². The van der Waals surface area contributed by atoms with Crippen molar-refractivity contribution in [3.05, 3.63) is 41.6 Å². The molecule has 0 N–H and O–H groups in total. The number of pyridine rings is 1. The Hall–Kier alpha value is -2.31. The van der Waals surface area contributed by atoms with Gasteiger partial charge in [0.15, 0.2) is 5.82 Å². The Labute approximate surface area is 121 Å². The molecule has 0 bridgehead atoms. The second kappa shape index (κ2) is 5.59. The first kappa shape index (κ1) is 13.7. The first-order chi connectivity index (χ1) is 10.1. The van der Waals surface area contributed by atoms with Crippen LogP contribution in [0.4, 0.5) is 4.39 Å². The molecule has 1 aliphatic heterocycles. The summed E-state index contributed by atoms with van der Waals surface area (Å²) in [5, 5.41) is 3.79. The number of rotatable bonds is 2. The van der Waals surface area contributed by atoms with E-state index >= 15 is 0 Å². The van der Waals surface area contributed by atoms with Crippen molar-refractivity contribution in [3.63, 3.8) is 0 Å². The van der Waals surface area contributed by atoms with Gasteiger partial charge in [0.25, 0.3) is 5.91 Å². The molecule has 0 aliphatic carbocycles. The van der Waals surface area contributed by atoms with E-state index in [4.69, 9.17) is 4.52 Å². The summed E-state index contributed by atoms with van der Waals surface area (Å²) in [7, 11) is 0. The van der Waals surface area contributed by atoms with Gasteiger partial charge in [-0.25, -0.2) is 4.98 Å². The molecule has 2 aromatic rings. The third kappa shape index (κ3) is 2.91. The van der Waals surface area contributed by atoms with Crippen LogP contribution in [0.15, 0.2) is 22.9 Å². The second-order valence-electron chi connectivity index (χ2n) is 5.14. The Morgan fingerprint density at radius 3 is 3.00 bits per heavy atom. The summed E-state index contributed by atoms with van der Waals surface area (Å²) in [6.45, 7) is 2.96. The Morgan fingerprint density at radius 1 is 1.48 bits per heavy atom. The van der Waals surface area contributed by atoms with Crippen molar-refractivity contribution < 1.29 is 13.7 Å². The van der Waals surface area contributed by atoms with Crippen LogP contribution >= 0.6 is 0 Å². The van der Waals surface area contributed by atoms with Gasteiger partial charge in [0.05, 0.1) is 11.5 Å². The van der Waals surface area contributed by atoms with Gasteiger partial charge in [-0.1, -0.05) is 5.16 Å². The molecule has 110 valence electrons. The molecule has 1 unspecified atom stereocenters. The van der Waals surface area contributed by atoms with Crippen molar-refractivity contribution >= 4 is 5.91 Å². The van der Waals surface area contributed by atoms with Crippen LogP contribution in [0, 0.1) is 12.9 Å². The zero-order chi connectivity index (χ0) is 14.8. The minimum Gasteiger partial charge on any atom is -0.339 e. The van der Waals surface area contributed by atoms with Gasteiger partial charge < -0.3 is 9.42 Å². The van der Waals surface area contributed by atoms with E-state index in [1.165, 1.54) is 18.3 Å². The first-order valence-electron chi connectivity index (χ1n) is 6.84. The molecule has 1 atom stereocenters. The molecular weight excluding hydrogens is 275 g/mol. The molecule has 1 aliphatic rings. The zero-order valence-electron chi connectivity index (χ0n) is 11.6. The third-order valence-electron chi connectivity index (χ3n) is 3.58. The van der Waals surface area contributed by atoms with Crippen LogP contribution in [0.1, 0.15) is 40.8 Å². The number of aryl methyl sites for hydroxylation is 1. The van der Waals surface area contributed by atoms with Crippen LogP contribution in [0.25, 0.3) is 0 Å². The normalized spacial score (nSPS) is 18.8. The molecule has 6 nitrogen and oxygen atoms in total. The van der Waals surface area contributed by atoms with E-state index in [-0.39, 0.29) is 11.8 Å². The van der Waals surface area contributed by atoms with Gasteiger partial charge in [-0.3, -0.25) is 4.79 Å². The van der Waals surface area contributed by atoms with E-state index in [0.717, 1.165) is 12.8 Å².